The lowest BCUT2D eigenvalue weighted by molar-refractivity contribution is -0.157. The van der Waals surface area contributed by atoms with Crippen molar-refractivity contribution in [3.05, 3.63) is 11.3 Å². The van der Waals surface area contributed by atoms with E-state index in [9.17, 15) is 14.4 Å². The first kappa shape index (κ1) is 15.9. The second-order valence-corrected chi connectivity index (χ2v) is 7.13. The Bertz CT molecular complexity index is 520. The molecule has 116 valence electrons. The zero-order valence-corrected chi connectivity index (χ0v) is 13.4. The predicted molar refractivity (Wildman–Crippen MR) is 77.2 cm³/mol. The van der Waals surface area contributed by atoms with Crippen LogP contribution in [0.4, 0.5) is 0 Å². The number of amides is 1. The molecule has 0 saturated carbocycles. The van der Waals surface area contributed by atoms with Gasteiger partial charge in [-0.25, -0.2) is 4.79 Å². The number of thioether (sulfide) groups is 1. The van der Waals surface area contributed by atoms with Crippen molar-refractivity contribution in [3.8, 4) is 0 Å². The van der Waals surface area contributed by atoms with Gasteiger partial charge in [0.05, 0.1) is 11.8 Å². The normalized spacial score (nSPS) is 21.6. The van der Waals surface area contributed by atoms with Gasteiger partial charge in [0, 0.05) is 18.2 Å². The van der Waals surface area contributed by atoms with E-state index in [1.165, 1.54) is 11.8 Å². The monoisotopic (exact) mass is 313 g/mol. The third kappa shape index (κ3) is 3.58. The topological polar surface area (TPSA) is 72.9 Å². The summed E-state index contributed by atoms with van der Waals surface area (Å²) in [6, 6.07) is 0. The van der Waals surface area contributed by atoms with Gasteiger partial charge < -0.3 is 9.47 Å². The first-order valence-electron chi connectivity index (χ1n) is 6.71. The molecule has 2 rings (SSSR count). The molecule has 0 unspecified atom stereocenters. The zero-order chi connectivity index (χ0) is 15.8. The lowest BCUT2D eigenvalue weighted by Gasteiger charge is -2.44. The number of esters is 2. The van der Waals surface area contributed by atoms with E-state index in [1.807, 2.05) is 0 Å². The van der Waals surface area contributed by atoms with Crippen LogP contribution < -0.4 is 0 Å². The van der Waals surface area contributed by atoms with Crippen LogP contribution >= 0.6 is 11.8 Å². The van der Waals surface area contributed by atoms with Gasteiger partial charge in [0.2, 0.25) is 5.91 Å². The molecule has 1 saturated heterocycles. The van der Waals surface area contributed by atoms with E-state index in [0.717, 1.165) is 0 Å². The zero-order valence-electron chi connectivity index (χ0n) is 12.6. The molecule has 0 aromatic carbocycles. The summed E-state index contributed by atoms with van der Waals surface area (Å²) in [6.45, 7) is 6.62. The van der Waals surface area contributed by atoms with Gasteiger partial charge in [-0.15, -0.1) is 11.8 Å². The Morgan fingerprint density at radius 3 is 2.57 bits per heavy atom. The first-order valence-corrected chi connectivity index (χ1v) is 7.76. The van der Waals surface area contributed by atoms with E-state index in [2.05, 4.69) is 0 Å². The van der Waals surface area contributed by atoms with Crippen LogP contribution in [0.1, 0.15) is 34.1 Å². The van der Waals surface area contributed by atoms with E-state index in [0.29, 0.717) is 17.7 Å². The predicted octanol–water partition coefficient (Wildman–Crippen LogP) is 1.45. The van der Waals surface area contributed by atoms with Crippen LogP contribution in [-0.2, 0) is 23.9 Å². The molecule has 21 heavy (non-hydrogen) atoms. The molecular weight excluding hydrogens is 294 g/mol. The van der Waals surface area contributed by atoms with Crippen LogP contribution in [0.5, 0.6) is 0 Å². The highest BCUT2D eigenvalue weighted by Gasteiger charge is 2.46. The standard InChI is InChI=1S/C14H19NO5S/c1-8(16)19-6-9-7-21-11-5-10(17)15(11)12(9)13(18)20-14(2,3)4/h11H,5-7H2,1-4H3/t11-/m1/s1. The molecule has 6 nitrogen and oxygen atoms in total. The Morgan fingerprint density at radius 1 is 1.38 bits per heavy atom. The van der Waals surface area contributed by atoms with E-state index in [-0.39, 0.29) is 23.6 Å². The van der Waals surface area contributed by atoms with Gasteiger partial charge in [0.15, 0.2) is 0 Å². The fourth-order valence-corrected chi connectivity index (χ4v) is 3.34. The highest BCUT2D eigenvalue weighted by Crippen LogP contribution is 2.40. The Morgan fingerprint density at radius 2 is 2.05 bits per heavy atom. The van der Waals surface area contributed by atoms with Crippen molar-refractivity contribution in [1.29, 1.82) is 0 Å². The van der Waals surface area contributed by atoms with Crippen LogP contribution in [0.2, 0.25) is 0 Å². The molecule has 0 radical (unpaired) electrons. The number of hydrogen-bond donors (Lipinski definition) is 0. The van der Waals surface area contributed by atoms with Gasteiger partial charge >= 0.3 is 11.9 Å². The fourth-order valence-electron chi connectivity index (χ4n) is 2.09. The Hall–Kier alpha value is -1.50. The summed E-state index contributed by atoms with van der Waals surface area (Å²) in [5.74, 6) is -0.513. The second kappa shape index (κ2) is 5.71. The maximum absolute atomic E-state index is 12.4. The SMILES string of the molecule is CC(=O)OCC1=C(C(=O)OC(C)(C)C)N2C(=O)C[C@H]2SC1. The number of carbonyl (C=O) groups excluding carboxylic acids is 3. The Labute approximate surface area is 127 Å². The molecule has 1 atom stereocenters. The second-order valence-electron chi connectivity index (χ2n) is 5.97. The first-order chi connectivity index (χ1) is 9.69. The third-order valence-electron chi connectivity index (χ3n) is 2.97. The number of carbonyl (C=O) groups is 3. The minimum absolute atomic E-state index is 0.00735. The quantitative estimate of drug-likeness (QED) is 0.580. The molecule has 2 heterocycles. The highest BCUT2D eigenvalue weighted by molar-refractivity contribution is 8.00. The van der Waals surface area contributed by atoms with Crippen molar-refractivity contribution in [2.45, 2.75) is 45.1 Å². The summed E-state index contributed by atoms with van der Waals surface area (Å²) in [6.07, 6.45) is 0.428. The smallest absolute Gasteiger partial charge is 0.355 e. The van der Waals surface area contributed by atoms with Gasteiger partial charge in [0.25, 0.3) is 0 Å². The maximum Gasteiger partial charge on any atom is 0.355 e. The van der Waals surface area contributed by atoms with Crippen molar-refractivity contribution in [1.82, 2.24) is 4.90 Å². The lowest BCUT2D eigenvalue weighted by Crippen LogP contribution is -2.54. The average molecular weight is 313 g/mol. The van der Waals surface area contributed by atoms with Crippen LogP contribution in [0, 0.1) is 0 Å². The molecule has 0 aromatic rings. The van der Waals surface area contributed by atoms with Crippen molar-refractivity contribution >= 4 is 29.6 Å². The van der Waals surface area contributed by atoms with Gasteiger partial charge in [-0.05, 0) is 20.8 Å². The molecule has 0 aliphatic carbocycles. The van der Waals surface area contributed by atoms with Gasteiger partial charge in [-0.1, -0.05) is 0 Å². The molecular formula is C14H19NO5S. The van der Waals surface area contributed by atoms with E-state index >= 15 is 0 Å². The molecule has 1 fully saturated rings. The van der Waals surface area contributed by atoms with Crippen LogP contribution in [0.25, 0.3) is 0 Å². The number of rotatable bonds is 3. The van der Waals surface area contributed by atoms with Gasteiger partial charge in [-0.2, -0.15) is 0 Å². The Kier molecular flexibility index (Phi) is 4.32. The largest absolute Gasteiger partial charge is 0.461 e. The fraction of sp³-hybridized carbons (Fsp3) is 0.643. The van der Waals surface area contributed by atoms with E-state index < -0.39 is 17.5 Å². The van der Waals surface area contributed by atoms with Crippen LogP contribution in [-0.4, -0.2) is 46.1 Å². The third-order valence-corrected chi connectivity index (χ3v) is 4.25. The number of fused-ring (bicyclic) bond motifs is 1. The molecule has 2 aliphatic heterocycles. The minimum Gasteiger partial charge on any atom is -0.461 e. The summed E-state index contributed by atoms with van der Waals surface area (Å²) >= 11 is 1.56. The van der Waals surface area contributed by atoms with Crippen molar-refractivity contribution in [3.63, 3.8) is 0 Å². The highest BCUT2D eigenvalue weighted by atomic mass is 32.2. The maximum atomic E-state index is 12.4. The van der Waals surface area contributed by atoms with Crippen LogP contribution in [0.3, 0.4) is 0 Å². The Balaban J connectivity index is 2.27. The van der Waals surface area contributed by atoms with Crippen LogP contribution in [0.15, 0.2) is 11.3 Å². The van der Waals surface area contributed by atoms with Gasteiger partial charge in [0.1, 0.15) is 17.9 Å². The van der Waals surface area contributed by atoms with Crippen molar-refractivity contribution < 1.29 is 23.9 Å². The van der Waals surface area contributed by atoms with Gasteiger partial charge in [-0.3, -0.25) is 14.5 Å². The summed E-state index contributed by atoms with van der Waals surface area (Å²) < 4.78 is 10.4. The van der Waals surface area contributed by atoms with E-state index in [4.69, 9.17) is 9.47 Å². The minimum atomic E-state index is -0.648. The summed E-state index contributed by atoms with van der Waals surface area (Å²) in [5.41, 5.74) is 0.213. The summed E-state index contributed by atoms with van der Waals surface area (Å²) in [7, 11) is 0. The molecule has 0 bridgehead atoms. The molecule has 0 N–H and O–H groups in total. The average Bonchev–Trinajstić information content (AvgIpc) is 2.32. The number of hydrogen-bond acceptors (Lipinski definition) is 6. The van der Waals surface area contributed by atoms with Crippen molar-refractivity contribution in [2.24, 2.45) is 0 Å². The number of ether oxygens (including phenoxy) is 2. The van der Waals surface area contributed by atoms with Crippen molar-refractivity contribution in [2.75, 3.05) is 12.4 Å². The lowest BCUT2D eigenvalue weighted by atomic mass is 10.1. The summed E-state index contributed by atoms with van der Waals surface area (Å²) in [5, 5.41) is -0.0129. The number of β-lactam (4-membered cyclic amide) rings is 1. The number of nitrogens with zero attached hydrogens (tertiary/aromatic N) is 1. The molecule has 1 amide bonds. The molecule has 7 heteroatoms. The van der Waals surface area contributed by atoms with E-state index in [1.54, 1.807) is 32.5 Å². The molecule has 0 spiro atoms. The molecule has 0 aromatic heterocycles. The summed E-state index contributed by atoms with van der Waals surface area (Å²) in [4.78, 5) is 36.6. The molecule has 2 aliphatic rings.